The molecule has 0 radical (unpaired) electrons. The van der Waals surface area contributed by atoms with Gasteiger partial charge >= 0.3 is 6.18 Å². The fourth-order valence-corrected chi connectivity index (χ4v) is 3.17. The van der Waals surface area contributed by atoms with E-state index in [1.54, 1.807) is 6.07 Å². The van der Waals surface area contributed by atoms with Crippen molar-refractivity contribution in [3.63, 3.8) is 0 Å². The average Bonchev–Trinajstić information content (AvgIpc) is 3.05. The number of carbonyl (C=O) groups is 1. The monoisotopic (exact) mass is 421 g/mol. The minimum Gasteiger partial charge on any atom is -0.483 e. The summed E-state index contributed by atoms with van der Waals surface area (Å²) in [6.07, 6.45) is -3.22. The Balaban J connectivity index is 1.87. The lowest BCUT2D eigenvalue weighted by Crippen LogP contribution is -2.57. The molecule has 1 atom stereocenters. The van der Waals surface area contributed by atoms with Crippen molar-refractivity contribution in [3.05, 3.63) is 59.4 Å². The lowest BCUT2D eigenvalue weighted by Gasteiger charge is -2.32. The molecule has 1 aliphatic rings. The van der Waals surface area contributed by atoms with Gasteiger partial charge < -0.3 is 9.84 Å². The van der Waals surface area contributed by atoms with Gasteiger partial charge in [0.15, 0.2) is 6.61 Å². The molecular formula is C21H22F3N3O3. The molecule has 1 aliphatic heterocycles. The van der Waals surface area contributed by atoms with Crippen molar-refractivity contribution in [2.75, 3.05) is 6.61 Å². The molecule has 2 aromatic rings. The number of aliphatic hydroxyl groups is 1. The largest absolute Gasteiger partial charge is 0.483 e. The van der Waals surface area contributed by atoms with Crippen LogP contribution in [0.15, 0.2) is 47.8 Å². The number of hydrogen-bond acceptors (Lipinski definition) is 5. The summed E-state index contributed by atoms with van der Waals surface area (Å²) in [5, 5.41) is 14.2. The van der Waals surface area contributed by atoms with Crippen LogP contribution in [0, 0.1) is 6.92 Å². The second-order valence-electron chi connectivity index (χ2n) is 7.47. The van der Waals surface area contributed by atoms with Crippen molar-refractivity contribution < 1.29 is 27.8 Å². The van der Waals surface area contributed by atoms with Gasteiger partial charge in [-0.25, -0.2) is 0 Å². The van der Waals surface area contributed by atoms with Gasteiger partial charge in [-0.1, -0.05) is 32.0 Å². The Hall–Kier alpha value is -2.94. The lowest BCUT2D eigenvalue weighted by atomic mass is 10.0. The Morgan fingerprint density at radius 3 is 2.67 bits per heavy atom. The van der Waals surface area contributed by atoms with Crippen molar-refractivity contribution in [2.24, 2.45) is 5.10 Å². The summed E-state index contributed by atoms with van der Waals surface area (Å²) in [7, 11) is 0. The van der Waals surface area contributed by atoms with E-state index in [1.807, 2.05) is 32.9 Å². The molecule has 9 heteroatoms. The highest BCUT2D eigenvalue weighted by Crippen LogP contribution is 2.41. The van der Waals surface area contributed by atoms with Crippen molar-refractivity contribution in [1.82, 2.24) is 9.99 Å². The highest BCUT2D eigenvalue weighted by atomic mass is 19.4. The number of carbonyl (C=O) groups excluding carboxylic acids is 1. The minimum atomic E-state index is -5.11. The van der Waals surface area contributed by atoms with E-state index in [0.717, 1.165) is 11.1 Å². The van der Waals surface area contributed by atoms with E-state index in [-0.39, 0.29) is 22.2 Å². The van der Waals surface area contributed by atoms with Crippen LogP contribution in [-0.2, 0) is 4.79 Å². The lowest BCUT2D eigenvalue weighted by molar-refractivity contribution is -0.302. The Kier molecular flexibility index (Phi) is 5.85. The van der Waals surface area contributed by atoms with Crippen molar-refractivity contribution in [1.29, 1.82) is 0 Å². The first-order valence-electron chi connectivity index (χ1n) is 9.36. The molecule has 3 rings (SSSR count). The minimum absolute atomic E-state index is 0.0696. The van der Waals surface area contributed by atoms with E-state index >= 15 is 0 Å². The number of amides is 1. The molecule has 30 heavy (non-hydrogen) atoms. The number of aromatic nitrogens is 1. The Morgan fingerprint density at radius 1 is 1.33 bits per heavy atom. The number of alkyl halides is 3. The molecule has 0 aliphatic carbocycles. The molecule has 0 saturated heterocycles. The maximum Gasteiger partial charge on any atom is 0.438 e. The zero-order chi connectivity index (χ0) is 22.1. The summed E-state index contributed by atoms with van der Waals surface area (Å²) in [4.78, 5) is 16.5. The van der Waals surface area contributed by atoms with Crippen molar-refractivity contribution in [2.45, 2.75) is 45.0 Å². The van der Waals surface area contributed by atoms with Gasteiger partial charge in [-0.15, -0.1) is 0 Å². The second-order valence-corrected chi connectivity index (χ2v) is 7.47. The van der Waals surface area contributed by atoms with E-state index in [0.29, 0.717) is 5.75 Å². The van der Waals surface area contributed by atoms with Crippen molar-refractivity contribution in [3.8, 4) is 5.75 Å². The summed E-state index contributed by atoms with van der Waals surface area (Å²) < 4.78 is 46.5. The zero-order valence-electron chi connectivity index (χ0n) is 16.8. The van der Waals surface area contributed by atoms with E-state index in [9.17, 15) is 23.1 Å². The summed E-state index contributed by atoms with van der Waals surface area (Å²) in [6.45, 7) is 5.01. The molecule has 0 spiro atoms. The summed E-state index contributed by atoms with van der Waals surface area (Å²) in [5.41, 5.74) is -1.55. The molecule has 1 amide bonds. The number of benzene rings is 1. The van der Waals surface area contributed by atoms with Crippen LogP contribution in [0.1, 0.15) is 42.9 Å². The SMILES string of the molecule is Cc1ccc(C(C)C)c(OCC(=O)N2N=C(c3cccnc3)CC2(O)C(F)(F)F)c1. The molecule has 1 N–H and O–H groups in total. The maximum atomic E-state index is 13.7. The Morgan fingerprint density at radius 2 is 2.07 bits per heavy atom. The molecular weight excluding hydrogens is 399 g/mol. The van der Waals surface area contributed by atoms with Gasteiger partial charge in [-0.2, -0.15) is 23.3 Å². The van der Waals surface area contributed by atoms with Gasteiger partial charge in [0.1, 0.15) is 5.75 Å². The predicted octanol–water partition coefficient (Wildman–Crippen LogP) is 3.78. The fraction of sp³-hybridized carbons (Fsp3) is 0.381. The quantitative estimate of drug-likeness (QED) is 0.797. The predicted molar refractivity (Wildman–Crippen MR) is 104 cm³/mol. The summed E-state index contributed by atoms with van der Waals surface area (Å²) >= 11 is 0. The average molecular weight is 421 g/mol. The highest BCUT2D eigenvalue weighted by Gasteiger charge is 2.63. The number of hydrazone groups is 1. The van der Waals surface area contributed by atoms with Crippen molar-refractivity contribution >= 4 is 11.6 Å². The first-order valence-corrected chi connectivity index (χ1v) is 9.36. The number of nitrogens with zero attached hydrogens (tertiary/aromatic N) is 3. The van der Waals surface area contributed by atoms with E-state index in [2.05, 4.69) is 10.1 Å². The van der Waals surface area contributed by atoms with Crippen LogP contribution in [0.5, 0.6) is 5.75 Å². The molecule has 1 aromatic heterocycles. The van der Waals surface area contributed by atoms with Gasteiger partial charge in [0, 0.05) is 18.0 Å². The first-order chi connectivity index (χ1) is 14.0. The third-order valence-corrected chi connectivity index (χ3v) is 4.81. The van der Waals surface area contributed by atoms with Crippen LogP contribution in [-0.4, -0.2) is 45.2 Å². The molecule has 0 bridgehead atoms. The zero-order valence-corrected chi connectivity index (χ0v) is 16.8. The summed E-state index contributed by atoms with van der Waals surface area (Å²) in [5.74, 6) is -0.612. The van der Waals surface area contributed by atoms with Crippen LogP contribution < -0.4 is 4.74 Å². The number of hydrogen-bond donors (Lipinski definition) is 1. The van der Waals surface area contributed by atoms with Crippen LogP contribution >= 0.6 is 0 Å². The molecule has 1 aromatic carbocycles. The normalized spacial score (nSPS) is 19.2. The molecule has 160 valence electrons. The van der Waals surface area contributed by atoms with Gasteiger partial charge in [-0.05, 0) is 36.1 Å². The molecule has 2 heterocycles. The number of pyridine rings is 1. The number of rotatable bonds is 5. The first kappa shape index (κ1) is 21.8. The number of halogens is 3. The van der Waals surface area contributed by atoms with E-state index < -0.39 is 30.8 Å². The summed E-state index contributed by atoms with van der Waals surface area (Å²) in [6, 6.07) is 8.49. The topological polar surface area (TPSA) is 75.0 Å². The Labute approximate surface area is 172 Å². The van der Waals surface area contributed by atoms with Crippen LogP contribution in [0.4, 0.5) is 13.2 Å². The molecule has 0 fully saturated rings. The van der Waals surface area contributed by atoms with Gasteiger partial charge in [0.2, 0.25) is 0 Å². The van der Waals surface area contributed by atoms with E-state index in [4.69, 9.17) is 4.74 Å². The van der Waals surface area contributed by atoms with Gasteiger partial charge in [0.25, 0.3) is 11.6 Å². The maximum absolute atomic E-state index is 13.7. The van der Waals surface area contributed by atoms with Crippen LogP contribution in [0.3, 0.4) is 0 Å². The Bertz CT molecular complexity index is 961. The van der Waals surface area contributed by atoms with E-state index in [1.165, 1.54) is 24.5 Å². The third-order valence-electron chi connectivity index (χ3n) is 4.81. The van der Waals surface area contributed by atoms with Gasteiger partial charge in [0.05, 0.1) is 12.1 Å². The third kappa shape index (κ3) is 4.16. The second kappa shape index (κ2) is 8.06. The number of aryl methyl sites for hydroxylation is 1. The highest BCUT2D eigenvalue weighted by molar-refractivity contribution is 6.03. The molecule has 6 nitrogen and oxygen atoms in total. The van der Waals surface area contributed by atoms with Crippen LogP contribution in [0.25, 0.3) is 0 Å². The standard InChI is InChI=1S/C21H22F3N3O3/c1-13(2)16-7-6-14(3)9-18(16)30-12-19(28)27-20(29,21(22,23)24)10-17(26-27)15-5-4-8-25-11-15/h4-9,11,13,29H,10,12H2,1-3H3. The van der Waals surface area contributed by atoms with Gasteiger partial charge in [-0.3, -0.25) is 9.78 Å². The van der Waals surface area contributed by atoms with Crippen LogP contribution in [0.2, 0.25) is 0 Å². The molecule has 0 saturated carbocycles. The number of ether oxygens (including phenoxy) is 1. The molecule has 1 unspecified atom stereocenters. The fourth-order valence-electron chi connectivity index (χ4n) is 3.17. The smallest absolute Gasteiger partial charge is 0.438 e.